The standard InChI is InChI=1S/C20H25BrN4O5/c1-3-29-20(27)18-17(23-25-24-18)12-9-14(21)19(15(10-12)28-2)30-11-16(26)22-13-7-5-4-6-8-13/h9-10,13H,3-8,11H2,1-2H3,(H,22,26)(H,23,24,25). The minimum absolute atomic E-state index is 0.0753. The Balaban J connectivity index is 1.74. The second-order valence-corrected chi connectivity index (χ2v) is 7.78. The van der Waals surface area contributed by atoms with Crippen LogP contribution < -0.4 is 14.8 Å². The predicted octanol–water partition coefficient (Wildman–Crippen LogP) is 3.25. The highest BCUT2D eigenvalue weighted by molar-refractivity contribution is 9.10. The van der Waals surface area contributed by atoms with Crippen molar-refractivity contribution in [1.29, 1.82) is 0 Å². The van der Waals surface area contributed by atoms with Crippen LogP contribution in [0.15, 0.2) is 16.6 Å². The maximum absolute atomic E-state index is 12.3. The van der Waals surface area contributed by atoms with Crippen molar-refractivity contribution in [3.8, 4) is 22.8 Å². The zero-order chi connectivity index (χ0) is 21.5. The van der Waals surface area contributed by atoms with Crippen LogP contribution in [0.2, 0.25) is 0 Å². The summed E-state index contributed by atoms with van der Waals surface area (Å²) in [5.41, 5.74) is 0.981. The number of aromatic amines is 1. The molecule has 3 rings (SSSR count). The summed E-state index contributed by atoms with van der Waals surface area (Å²) < 4.78 is 16.7. The van der Waals surface area contributed by atoms with E-state index in [0.29, 0.717) is 27.2 Å². The molecule has 0 atom stereocenters. The maximum Gasteiger partial charge on any atom is 0.361 e. The van der Waals surface area contributed by atoms with Crippen LogP contribution in [0.5, 0.6) is 11.5 Å². The molecule has 1 amide bonds. The molecule has 30 heavy (non-hydrogen) atoms. The van der Waals surface area contributed by atoms with Gasteiger partial charge in [-0.05, 0) is 47.8 Å². The van der Waals surface area contributed by atoms with Crippen molar-refractivity contribution < 1.29 is 23.8 Å². The number of esters is 1. The van der Waals surface area contributed by atoms with Gasteiger partial charge >= 0.3 is 5.97 Å². The van der Waals surface area contributed by atoms with Gasteiger partial charge in [0.2, 0.25) is 0 Å². The Bertz CT molecular complexity index is 895. The van der Waals surface area contributed by atoms with Gasteiger partial charge in [0, 0.05) is 11.6 Å². The molecule has 0 bridgehead atoms. The number of carbonyl (C=O) groups excluding carboxylic acids is 2. The molecule has 0 aliphatic heterocycles. The van der Waals surface area contributed by atoms with E-state index in [1.807, 2.05) is 0 Å². The Morgan fingerprint density at radius 2 is 2.00 bits per heavy atom. The SMILES string of the molecule is CCOC(=O)c1n[nH]nc1-c1cc(Br)c(OCC(=O)NC2CCCCC2)c(OC)c1. The van der Waals surface area contributed by atoms with Crippen LogP contribution in [0.1, 0.15) is 49.5 Å². The second kappa shape index (κ2) is 10.4. The zero-order valence-electron chi connectivity index (χ0n) is 17.0. The Morgan fingerprint density at radius 3 is 2.70 bits per heavy atom. The smallest absolute Gasteiger partial charge is 0.361 e. The first-order chi connectivity index (χ1) is 14.5. The van der Waals surface area contributed by atoms with Crippen LogP contribution in [0.25, 0.3) is 11.3 Å². The lowest BCUT2D eigenvalue weighted by Crippen LogP contribution is -2.39. The molecule has 0 unspecified atom stereocenters. The molecule has 0 radical (unpaired) electrons. The van der Waals surface area contributed by atoms with Gasteiger partial charge in [-0.3, -0.25) is 4.79 Å². The molecule has 1 saturated carbocycles. The van der Waals surface area contributed by atoms with Crippen molar-refractivity contribution >= 4 is 27.8 Å². The Kier molecular flexibility index (Phi) is 7.67. The molecule has 0 saturated heterocycles. The summed E-state index contributed by atoms with van der Waals surface area (Å²) in [6.45, 7) is 1.82. The molecular weight excluding hydrogens is 456 g/mol. The van der Waals surface area contributed by atoms with E-state index < -0.39 is 5.97 Å². The fourth-order valence-corrected chi connectivity index (χ4v) is 3.98. The first kappa shape index (κ1) is 22.1. The maximum atomic E-state index is 12.3. The number of benzene rings is 1. The molecule has 162 valence electrons. The van der Waals surface area contributed by atoms with E-state index in [4.69, 9.17) is 14.2 Å². The molecule has 9 nitrogen and oxygen atoms in total. The lowest BCUT2D eigenvalue weighted by molar-refractivity contribution is -0.124. The number of hydrogen-bond donors (Lipinski definition) is 2. The van der Waals surface area contributed by atoms with Crippen LogP contribution in [0, 0.1) is 0 Å². The minimum atomic E-state index is -0.573. The number of H-pyrrole nitrogens is 1. The van der Waals surface area contributed by atoms with Crippen molar-refractivity contribution in [3.63, 3.8) is 0 Å². The van der Waals surface area contributed by atoms with E-state index in [0.717, 1.165) is 25.7 Å². The quantitative estimate of drug-likeness (QED) is 0.557. The summed E-state index contributed by atoms with van der Waals surface area (Å²) >= 11 is 3.45. The van der Waals surface area contributed by atoms with E-state index in [2.05, 4.69) is 36.7 Å². The fourth-order valence-electron chi connectivity index (χ4n) is 3.42. The van der Waals surface area contributed by atoms with Crippen LogP contribution in [-0.4, -0.2) is 53.7 Å². The van der Waals surface area contributed by atoms with Gasteiger partial charge in [-0.1, -0.05) is 19.3 Å². The van der Waals surface area contributed by atoms with Gasteiger partial charge < -0.3 is 19.5 Å². The van der Waals surface area contributed by atoms with E-state index in [9.17, 15) is 9.59 Å². The summed E-state index contributed by atoms with van der Waals surface area (Å²) in [5, 5.41) is 13.4. The molecule has 0 spiro atoms. The summed E-state index contributed by atoms with van der Waals surface area (Å²) in [6.07, 6.45) is 5.52. The van der Waals surface area contributed by atoms with Gasteiger partial charge in [0.1, 0.15) is 5.69 Å². The number of hydrogen-bond acceptors (Lipinski definition) is 7. The van der Waals surface area contributed by atoms with Gasteiger partial charge in [-0.15, -0.1) is 5.10 Å². The molecule has 2 aromatic rings. The number of amides is 1. The highest BCUT2D eigenvalue weighted by atomic mass is 79.9. The molecule has 2 N–H and O–H groups in total. The molecule has 1 fully saturated rings. The van der Waals surface area contributed by atoms with E-state index >= 15 is 0 Å². The Labute approximate surface area is 183 Å². The molecule has 1 aliphatic rings. The van der Waals surface area contributed by atoms with Gasteiger partial charge in [-0.2, -0.15) is 10.3 Å². The Hall–Kier alpha value is -2.62. The predicted molar refractivity (Wildman–Crippen MR) is 113 cm³/mol. The van der Waals surface area contributed by atoms with Gasteiger partial charge in [0.15, 0.2) is 23.8 Å². The van der Waals surface area contributed by atoms with Crippen molar-refractivity contribution in [2.24, 2.45) is 0 Å². The third-order valence-corrected chi connectivity index (χ3v) is 5.43. The fraction of sp³-hybridized carbons (Fsp3) is 0.500. The van der Waals surface area contributed by atoms with Crippen molar-refractivity contribution in [3.05, 3.63) is 22.3 Å². The number of carbonyl (C=O) groups is 2. The first-order valence-electron chi connectivity index (χ1n) is 9.91. The number of halogens is 1. The largest absolute Gasteiger partial charge is 0.493 e. The summed E-state index contributed by atoms with van der Waals surface area (Å²) in [4.78, 5) is 24.4. The molecule has 1 aliphatic carbocycles. The van der Waals surface area contributed by atoms with E-state index in [-0.39, 0.29) is 30.9 Å². The van der Waals surface area contributed by atoms with Crippen LogP contribution in [-0.2, 0) is 9.53 Å². The van der Waals surface area contributed by atoms with Crippen LogP contribution in [0.3, 0.4) is 0 Å². The Morgan fingerprint density at radius 1 is 1.23 bits per heavy atom. The van der Waals surface area contributed by atoms with Gasteiger partial charge in [-0.25, -0.2) is 4.79 Å². The average molecular weight is 481 g/mol. The topological polar surface area (TPSA) is 115 Å². The summed E-state index contributed by atoms with van der Waals surface area (Å²) in [6, 6.07) is 3.60. The lowest BCUT2D eigenvalue weighted by Gasteiger charge is -2.23. The summed E-state index contributed by atoms with van der Waals surface area (Å²) in [5.74, 6) is 0.0425. The molecule has 10 heteroatoms. The third kappa shape index (κ3) is 5.29. The molecular formula is C20H25BrN4O5. The minimum Gasteiger partial charge on any atom is -0.493 e. The number of rotatable bonds is 8. The summed E-state index contributed by atoms with van der Waals surface area (Å²) in [7, 11) is 1.50. The molecule has 1 aromatic carbocycles. The van der Waals surface area contributed by atoms with Gasteiger partial charge in [0.05, 0.1) is 18.2 Å². The second-order valence-electron chi connectivity index (χ2n) is 6.92. The van der Waals surface area contributed by atoms with Gasteiger partial charge in [0.25, 0.3) is 5.91 Å². The normalized spacial score (nSPS) is 14.2. The lowest BCUT2D eigenvalue weighted by atomic mass is 9.95. The van der Waals surface area contributed by atoms with Crippen molar-refractivity contribution in [1.82, 2.24) is 20.7 Å². The number of nitrogens with one attached hydrogen (secondary N) is 2. The highest BCUT2D eigenvalue weighted by Crippen LogP contribution is 2.39. The first-order valence-corrected chi connectivity index (χ1v) is 10.7. The van der Waals surface area contributed by atoms with Crippen molar-refractivity contribution in [2.45, 2.75) is 45.1 Å². The zero-order valence-corrected chi connectivity index (χ0v) is 18.6. The van der Waals surface area contributed by atoms with Crippen LogP contribution in [0.4, 0.5) is 0 Å². The molecule has 1 heterocycles. The number of nitrogens with zero attached hydrogens (tertiary/aromatic N) is 2. The van der Waals surface area contributed by atoms with Crippen molar-refractivity contribution in [2.75, 3.05) is 20.3 Å². The average Bonchev–Trinajstić information content (AvgIpc) is 3.23. The van der Waals surface area contributed by atoms with Crippen LogP contribution >= 0.6 is 15.9 Å². The monoisotopic (exact) mass is 480 g/mol. The van der Waals surface area contributed by atoms with E-state index in [1.165, 1.54) is 13.5 Å². The number of methoxy groups -OCH3 is 1. The molecule has 1 aromatic heterocycles. The highest BCUT2D eigenvalue weighted by Gasteiger charge is 2.22. The number of ether oxygens (including phenoxy) is 3. The third-order valence-electron chi connectivity index (χ3n) is 4.84. The van der Waals surface area contributed by atoms with E-state index in [1.54, 1.807) is 19.1 Å². The number of aromatic nitrogens is 3.